The largest absolute Gasteiger partial charge is 0.350 e. The van der Waals surface area contributed by atoms with Gasteiger partial charge in [0.25, 0.3) is 11.8 Å². The highest BCUT2D eigenvalue weighted by Crippen LogP contribution is 2.23. The fraction of sp³-hybridized carbons (Fsp3) is 0.263. The first-order valence-electron chi connectivity index (χ1n) is 8.39. The quantitative estimate of drug-likeness (QED) is 0.747. The van der Waals surface area contributed by atoms with Crippen molar-refractivity contribution in [2.24, 2.45) is 0 Å². The highest BCUT2D eigenvalue weighted by molar-refractivity contribution is 7.17. The van der Waals surface area contributed by atoms with Gasteiger partial charge in [-0.1, -0.05) is 0 Å². The van der Waals surface area contributed by atoms with Gasteiger partial charge in [-0.15, -0.1) is 11.3 Å². The number of H-pyrrole nitrogens is 1. The number of aryl methyl sites for hydroxylation is 1. The van der Waals surface area contributed by atoms with Crippen LogP contribution in [-0.4, -0.2) is 34.8 Å². The Labute approximate surface area is 149 Å². The lowest BCUT2D eigenvalue weighted by Gasteiger charge is -2.16. The molecular formula is C19H19N3O2S. The van der Waals surface area contributed by atoms with Gasteiger partial charge in [-0.3, -0.25) is 9.59 Å². The minimum absolute atomic E-state index is 0.0723. The number of nitrogens with zero attached hydrogens (tertiary/aromatic N) is 1. The molecule has 0 atom stereocenters. The smallest absolute Gasteiger partial charge is 0.272 e. The van der Waals surface area contributed by atoms with Crippen LogP contribution in [0.4, 0.5) is 5.69 Å². The Morgan fingerprint density at radius 2 is 1.96 bits per heavy atom. The van der Waals surface area contributed by atoms with Crippen LogP contribution < -0.4 is 5.32 Å². The van der Waals surface area contributed by atoms with Crippen molar-refractivity contribution in [3.8, 4) is 0 Å². The lowest BCUT2D eigenvalue weighted by Crippen LogP contribution is -2.27. The van der Waals surface area contributed by atoms with Gasteiger partial charge in [-0.25, -0.2) is 0 Å². The van der Waals surface area contributed by atoms with E-state index in [1.54, 1.807) is 17.4 Å². The zero-order valence-electron chi connectivity index (χ0n) is 14.0. The van der Waals surface area contributed by atoms with Gasteiger partial charge in [-0.05, 0) is 61.0 Å². The van der Waals surface area contributed by atoms with E-state index in [1.165, 1.54) is 0 Å². The van der Waals surface area contributed by atoms with E-state index in [0.717, 1.165) is 47.4 Å². The monoisotopic (exact) mass is 353 g/mol. The average molecular weight is 353 g/mol. The maximum absolute atomic E-state index is 12.5. The van der Waals surface area contributed by atoms with Gasteiger partial charge in [0.2, 0.25) is 0 Å². The van der Waals surface area contributed by atoms with Crippen molar-refractivity contribution >= 4 is 39.1 Å². The van der Waals surface area contributed by atoms with Crippen LogP contribution in [0.1, 0.15) is 39.3 Å². The van der Waals surface area contributed by atoms with Crippen molar-refractivity contribution < 1.29 is 9.59 Å². The second-order valence-electron chi connectivity index (χ2n) is 6.36. The van der Waals surface area contributed by atoms with E-state index in [9.17, 15) is 9.59 Å². The number of aromatic nitrogens is 1. The molecule has 128 valence electrons. The Balaban J connectivity index is 1.51. The summed E-state index contributed by atoms with van der Waals surface area (Å²) in [5, 5.41) is 4.91. The third kappa shape index (κ3) is 3.05. The third-order valence-electron chi connectivity index (χ3n) is 4.60. The van der Waals surface area contributed by atoms with Crippen LogP contribution in [0, 0.1) is 6.92 Å². The topological polar surface area (TPSA) is 65.2 Å². The Morgan fingerprint density at radius 3 is 2.68 bits per heavy atom. The van der Waals surface area contributed by atoms with Gasteiger partial charge in [0.1, 0.15) is 5.69 Å². The summed E-state index contributed by atoms with van der Waals surface area (Å²) in [4.78, 5) is 29.9. The number of nitrogens with one attached hydrogen (secondary N) is 2. The molecule has 2 N–H and O–H groups in total. The first-order valence-corrected chi connectivity index (χ1v) is 9.27. The van der Waals surface area contributed by atoms with E-state index in [-0.39, 0.29) is 11.8 Å². The number of benzene rings is 1. The number of rotatable bonds is 3. The molecule has 3 aromatic rings. The summed E-state index contributed by atoms with van der Waals surface area (Å²) in [6.45, 7) is 3.57. The number of fused-ring (bicyclic) bond motifs is 1. The van der Waals surface area contributed by atoms with Gasteiger partial charge in [0, 0.05) is 24.3 Å². The van der Waals surface area contributed by atoms with Crippen molar-refractivity contribution in [1.29, 1.82) is 0 Å². The fourth-order valence-electron chi connectivity index (χ4n) is 3.20. The van der Waals surface area contributed by atoms with Crippen molar-refractivity contribution in [2.45, 2.75) is 19.8 Å². The SMILES string of the molecule is Cc1cc(C(=O)N2CCCC2)ccc1NC(=O)c1cc2sccc2[nH]1. The Hall–Kier alpha value is -2.60. The first kappa shape index (κ1) is 15.9. The van der Waals surface area contributed by atoms with Gasteiger partial charge in [0.15, 0.2) is 0 Å². The molecule has 1 aliphatic heterocycles. The molecule has 0 aliphatic carbocycles. The molecule has 4 rings (SSSR count). The number of aromatic amines is 1. The molecule has 1 saturated heterocycles. The molecule has 0 spiro atoms. The number of thiophene rings is 1. The van der Waals surface area contributed by atoms with Crippen molar-refractivity contribution in [3.05, 3.63) is 52.5 Å². The summed E-state index contributed by atoms with van der Waals surface area (Å²) in [5.41, 5.74) is 3.79. The van der Waals surface area contributed by atoms with E-state index < -0.39 is 0 Å². The summed E-state index contributed by atoms with van der Waals surface area (Å²) in [7, 11) is 0. The number of anilines is 1. The van der Waals surface area contributed by atoms with Gasteiger partial charge < -0.3 is 15.2 Å². The number of carbonyl (C=O) groups is 2. The van der Waals surface area contributed by atoms with Crippen molar-refractivity contribution in [1.82, 2.24) is 9.88 Å². The van der Waals surface area contributed by atoms with Crippen LogP contribution in [0.5, 0.6) is 0 Å². The van der Waals surface area contributed by atoms with Crippen LogP contribution in [0.25, 0.3) is 10.2 Å². The molecule has 6 heteroatoms. The van der Waals surface area contributed by atoms with E-state index in [0.29, 0.717) is 11.3 Å². The maximum Gasteiger partial charge on any atom is 0.272 e. The molecule has 1 fully saturated rings. The van der Waals surface area contributed by atoms with E-state index in [4.69, 9.17) is 0 Å². The van der Waals surface area contributed by atoms with Gasteiger partial charge in [-0.2, -0.15) is 0 Å². The highest BCUT2D eigenvalue weighted by Gasteiger charge is 2.20. The lowest BCUT2D eigenvalue weighted by molar-refractivity contribution is 0.0792. The first-order chi connectivity index (χ1) is 12.1. The summed E-state index contributed by atoms with van der Waals surface area (Å²) in [6, 6.07) is 9.26. The van der Waals surface area contributed by atoms with Crippen LogP contribution >= 0.6 is 11.3 Å². The number of likely N-dealkylation sites (tertiary alicyclic amines) is 1. The normalized spacial score (nSPS) is 14.2. The van der Waals surface area contributed by atoms with E-state index in [2.05, 4.69) is 10.3 Å². The highest BCUT2D eigenvalue weighted by atomic mass is 32.1. The minimum Gasteiger partial charge on any atom is -0.350 e. The summed E-state index contributed by atoms with van der Waals surface area (Å²) >= 11 is 1.60. The Kier molecular flexibility index (Phi) is 4.05. The Bertz CT molecular complexity index is 922. The Morgan fingerprint density at radius 1 is 1.16 bits per heavy atom. The van der Waals surface area contributed by atoms with Crippen LogP contribution in [0.15, 0.2) is 35.7 Å². The minimum atomic E-state index is -0.176. The van der Waals surface area contributed by atoms with Crippen LogP contribution in [-0.2, 0) is 0 Å². The molecular weight excluding hydrogens is 334 g/mol. The zero-order valence-corrected chi connectivity index (χ0v) is 14.8. The second-order valence-corrected chi connectivity index (χ2v) is 7.31. The molecule has 0 unspecified atom stereocenters. The standard InChI is InChI=1S/C19H19N3O2S/c1-12-10-13(19(24)22-7-2-3-8-22)4-5-14(12)21-18(23)16-11-17-15(20-16)6-9-25-17/h4-6,9-11,20H,2-3,7-8H2,1H3,(H,21,23). The molecule has 1 aliphatic rings. The fourth-order valence-corrected chi connectivity index (χ4v) is 3.98. The maximum atomic E-state index is 12.5. The summed E-state index contributed by atoms with van der Waals surface area (Å²) < 4.78 is 1.06. The van der Waals surface area contributed by atoms with Gasteiger partial charge in [0.05, 0.1) is 10.2 Å². The molecule has 25 heavy (non-hydrogen) atoms. The number of carbonyl (C=O) groups excluding carboxylic acids is 2. The van der Waals surface area contributed by atoms with E-state index >= 15 is 0 Å². The predicted molar refractivity (Wildman–Crippen MR) is 100 cm³/mol. The van der Waals surface area contributed by atoms with Crippen LogP contribution in [0.2, 0.25) is 0 Å². The molecule has 1 aromatic carbocycles. The van der Waals surface area contributed by atoms with Crippen LogP contribution in [0.3, 0.4) is 0 Å². The van der Waals surface area contributed by atoms with Gasteiger partial charge >= 0.3 is 0 Å². The molecule has 2 aromatic heterocycles. The molecule has 0 saturated carbocycles. The second kappa shape index (κ2) is 6.37. The molecule has 0 radical (unpaired) electrons. The third-order valence-corrected chi connectivity index (χ3v) is 5.46. The van der Waals surface area contributed by atoms with E-state index in [1.807, 2.05) is 41.5 Å². The molecule has 5 nitrogen and oxygen atoms in total. The summed E-state index contributed by atoms with van der Waals surface area (Å²) in [6.07, 6.45) is 2.15. The number of hydrogen-bond donors (Lipinski definition) is 2. The zero-order chi connectivity index (χ0) is 17.4. The molecule has 2 amide bonds. The number of hydrogen-bond acceptors (Lipinski definition) is 3. The number of amides is 2. The molecule has 0 bridgehead atoms. The summed E-state index contributed by atoms with van der Waals surface area (Å²) in [5.74, 6) is -0.104. The van der Waals surface area contributed by atoms with Crippen molar-refractivity contribution in [3.63, 3.8) is 0 Å². The average Bonchev–Trinajstić information content (AvgIpc) is 3.32. The lowest BCUT2D eigenvalue weighted by atomic mass is 10.1. The molecule has 3 heterocycles. The van der Waals surface area contributed by atoms with Crippen molar-refractivity contribution in [2.75, 3.05) is 18.4 Å². The predicted octanol–water partition coefficient (Wildman–Crippen LogP) is 4.03.